The highest BCUT2D eigenvalue weighted by atomic mass is 16.3. The average Bonchev–Trinajstić information content (AvgIpc) is 3.14. The molecule has 2 heterocycles. The molecule has 0 unspecified atom stereocenters. The van der Waals surface area contributed by atoms with Crippen LogP contribution in [-0.2, 0) is 7.05 Å². The Morgan fingerprint density at radius 3 is 2.43 bits per heavy atom. The van der Waals surface area contributed by atoms with Gasteiger partial charge in [-0.25, -0.2) is 4.57 Å². The zero-order chi connectivity index (χ0) is 25.7. The molecule has 2 nitrogen and oxygen atoms in total. The summed E-state index contributed by atoms with van der Waals surface area (Å²) < 4.78 is 58.2. The molecule has 6 rings (SSSR count). The minimum Gasteiger partial charge on any atom is -0.455 e. The molecule has 0 N–H and O–H groups in total. The van der Waals surface area contributed by atoms with E-state index in [1.54, 1.807) is 11.6 Å². The van der Waals surface area contributed by atoms with Gasteiger partial charge in [0, 0.05) is 29.9 Å². The highest BCUT2D eigenvalue weighted by Crippen LogP contribution is 2.43. The Hall–Kier alpha value is -3.39. The van der Waals surface area contributed by atoms with Crippen molar-refractivity contribution in [1.29, 1.82) is 0 Å². The third-order valence-corrected chi connectivity index (χ3v) is 6.28. The summed E-state index contributed by atoms with van der Waals surface area (Å²) in [4.78, 5) is 0. The van der Waals surface area contributed by atoms with Crippen LogP contribution in [-0.4, -0.2) is 0 Å². The van der Waals surface area contributed by atoms with Crippen molar-refractivity contribution in [3.8, 4) is 0 Å². The summed E-state index contributed by atoms with van der Waals surface area (Å²) in [6.07, 6.45) is 1.46. The number of benzene rings is 4. The third-order valence-electron chi connectivity index (χ3n) is 6.28. The van der Waals surface area contributed by atoms with Gasteiger partial charge >= 0.3 is 0 Å². The highest BCUT2D eigenvalue weighted by molar-refractivity contribution is 6.32. The lowest BCUT2D eigenvalue weighted by atomic mass is 9.90. The van der Waals surface area contributed by atoms with Crippen LogP contribution in [0, 0.1) is 27.6 Å². The molecule has 0 aliphatic rings. The second-order valence-electron chi connectivity index (χ2n) is 8.22. The normalized spacial score (nSPS) is 16.0. The van der Waals surface area contributed by atoms with Gasteiger partial charge in [-0.2, -0.15) is 0 Å². The molecule has 30 heavy (non-hydrogen) atoms. The number of aromatic nitrogens is 1. The summed E-state index contributed by atoms with van der Waals surface area (Å²) in [5.41, 5.74) is 3.67. The molecule has 0 amide bonds. The van der Waals surface area contributed by atoms with Crippen molar-refractivity contribution in [3.05, 3.63) is 77.0 Å². The number of fused-ring (bicyclic) bond motifs is 10. The molecule has 0 radical (unpaired) electrons. The SMILES string of the molecule is [2H]C([2H])([2H])c1c[n+](C)c2c3c(C)cccc3c3ccc4c5ccc(C)cc5oc4c3c2c1C([2H])([2H])[2H]. The van der Waals surface area contributed by atoms with Crippen LogP contribution in [0.5, 0.6) is 0 Å². The Morgan fingerprint density at radius 1 is 0.800 bits per heavy atom. The monoisotopic (exact) mass is 396 g/mol. The molecule has 6 aromatic rings. The van der Waals surface area contributed by atoms with E-state index in [2.05, 4.69) is 0 Å². The van der Waals surface area contributed by atoms with Crippen molar-refractivity contribution in [2.75, 3.05) is 0 Å². The van der Waals surface area contributed by atoms with Crippen molar-refractivity contribution in [2.24, 2.45) is 7.05 Å². The molecule has 0 fully saturated rings. The van der Waals surface area contributed by atoms with Crippen molar-refractivity contribution in [1.82, 2.24) is 0 Å². The van der Waals surface area contributed by atoms with Crippen molar-refractivity contribution >= 4 is 54.4 Å². The van der Waals surface area contributed by atoms with Crippen molar-refractivity contribution < 1.29 is 17.2 Å². The van der Waals surface area contributed by atoms with E-state index >= 15 is 0 Å². The van der Waals surface area contributed by atoms with E-state index < -0.39 is 13.7 Å². The summed E-state index contributed by atoms with van der Waals surface area (Å²) in [7, 11) is 1.78. The number of hydrogen-bond donors (Lipinski definition) is 0. The van der Waals surface area contributed by atoms with E-state index in [1.165, 1.54) is 6.20 Å². The average molecular weight is 397 g/mol. The number of pyridine rings is 1. The molecule has 0 saturated heterocycles. The maximum Gasteiger partial charge on any atom is 0.221 e. The van der Waals surface area contributed by atoms with Gasteiger partial charge in [0.2, 0.25) is 5.52 Å². The first-order valence-electron chi connectivity index (χ1n) is 13.0. The summed E-state index contributed by atoms with van der Waals surface area (Å²) in [6, 6.07) is 16.0. The predicted molar refractivity (Wildman–Crippen MR) is 126 cm³/mol. The molecule has 0 atom stereocenters. The largest absolute Gasteiger partial charge is 0.455 e. The van der Waals surface area contributed by atoms with E-state index in [9.17, 15) is 0 Å². The van der Waals surface area contributed by atoms with Gasteiger partial charge in [-0.05, 0) is 67.1 Å². The van der Waals surface area contributed by atoms with Crippen LogP contribution >= 0.6 is 0 Å². The van der Waals surface area contributed by atoms with Gasteiger partial charge in [0.25, 0.3) is 0 Å². The van der Waals surface area contributed by atoms with Gasteiger partial charge in [-0.3, -0.25) is 0 Å². The smallest absolute Gasteiger partial charge is 0.221 e. The van der Waals surface area contributed by atoms with Gasteiger partial charge in [0.15, 0.2) is 6.20 Å². The fourth-order valence-electron chi connectivity index (χ4n) is 4.92. The standard InChI is InChI=1S/C28H24NO/c1-15-9-10-19-22-12-11-21-20-8-6-7-16(2)24(20)27-25(18(4)17(3)14-29(27)5)26(21)28(22)30-23(19)13-15/h6-14H,1-5H3/q+1/i3D3,4D3. The van der Waals surface area contributed by atoms with Gasteiger partial charge in [-0.15, -0.1) is 0 Å². The molecule has 0 aliphatic heterocycles. The Balaban J connectivity index is 2.05. The quantitative estimate of drug-likeness (QED) is 0.198. The second kappa shape index (κ2) is 5.82. The summed E-state index contributed by atoms with van der Waals surface area (Å²) in [5, 5.41) is 5.52. The first-order chi connectivity index (χ1) is 16.9. The topological polar surface area (TPSA) is 17.0 Å². The van der Waals surface area contributed by atoms with Crippen LogP contribution in [0.2, 0.25) is 0 Å². The summed E-state index contributed by atoms with van der Waals surface area (Å²) in [5.74, 6) is 0. The van der Waals surface area contributed by atoms with Crippen LogP contribution in [0.1, 0.15) is 30.5 Å². The molecule has 2 aromatic heterocycles. The van der Waals surface area contributed by atoms with E-state index in [0.717, 1.165) is 38.1 Å². The Kier molecular flexibility index (Phi) is 2.39. The maximum atomic E-state index is 8.47. The molecule has 0 saturated carbocycles. The molecular weight excluding hydrogens is 366 g/mol. The lowest BCUT2D eigenvalue weighted by Crippen LogP contribution is -2.30. The maximum absolute atomic E-state index is 8.47. The molecule has 4 aromatic carbocycles. The van der Waals surface area contributed by atoms with Crippen molar-refractivity contribution in [3.63, 3.8) is 0 Å². The van der Waals surface area contributed by atoms with Gasteiger partial charge in [-0.1, -0.05) is 36.4 Å². The number of hydrogen-bond acceptors (Lipinski definition) is 1. The van der Waals surface area contributed by atoms with Crippen LogP contribution in [0.15, 0.2) is 59.1 Å². The zero-order valence-electron chi connectivity index (χ0n) is 23.1. The minimum atomic E-state index is -2.66. The molecular formula is C28H24NO+. The fraction of sp³-hybridized carbons (Fsp3) is 0.179. The molecule has 2 heteroatoms. The zero-order valence-corrected chi connectivity index (χ0v) is 17.1. The third kappa shape index (κ3) is 2.11. The molecule has 0 aliphatic carbocycles. The van der Waals surface area contributed by atoms with Gasteiger partial charge < -0.3 is 4.42 Å². The van der Waals surface area contributed by atoms with E-state index in [-0.39, 0.29) is 11.1 Å². The number of aryl methyl sites for hydroxylation is 5. The van der Waals surface area contributed by atoms with Crippen LogP contribution in [0.25, 0.3) is 54.4 Å². The Bertz CT molecular complexity index is 1890. The predicted octanol–water partition coefficient (Wildman–Crippen LogP) is 7.10. The molecule has 0 bridgehead atoms. The summed E-state index contributed by atoms with van der Waals surface area (Å²) >= 11 is 0. The number of nitrogens with zero attached hydrogens (tertiary/aromatic N) is 1. The lowest BCUT2D eigenvalue weighted by Gasteiger charge is -2.13. The number of rotatable bonds is 0. The first kappa shape index (κ1) is 12.3. The van der Waals surface area contributed by atoms with Gasteiger partial charge in [0.05, 0.1) is 10.8 Å². The van der Waals surface area contributed by atoms with Crippen LogP contribution < -0.4 is 4.57 Å². The first-order valence-corrected chi connectivity index (χ1v) is 10.0. The van der Waals surface area contributed by atoms with Gasteiger partial charge in [0.1, 0.15) is 18.2 Å². The number of furan rings is 1. The highest BCUT2D eigenvalue weighted by Gasteiger charge is 2.23. The van der Waals surface area contributed by atoms with E-state index in [1.807, 2.05) is 62.4 Å². The van der Waals surface area contributed by atoms with Crippen LogP contribution in [0.4, 0.5) is 0 Å². The second-order valence-corrected chi connectivity index (χ2v) is 8.22. The Morgan fingerprint density at radius 2 is 1.60 bits per heavy atom. The van der Waals surface area contributed by atoms with Crippen LogP contribution in [0.3, 0.4) is 0 Å². The molecule has 0 spiro atoms. The fourth-order valence-corrected chi connectivity index (χ4v) is 4.92. The minimum absolute atomic E-state index is 0.144. The molecule has 146 valence electrons. The Labute approximate surface area is 183 Å². The van der Waals surface area contributed by atoms with E-state index in [0.29, 0.717) is 27.5 Å². The summed E-state index contributed by atoms with van der Waals surface area (Å²) in [6.45, 7) is -1.29. The lowest BCUT2D eigenvalue weighted by molar-refractivity contribution is -0.644. The van der Waals surface area contributed by atoms with E-state index in [4.69, 9.17) is 12.6 Å². The van der Waals surface area contributed by atoms with Crippen molar-refractivity contribution in [2.45, 2.75) is 27.6 Å².